The van der Waals surface area contributed by atoms with E-state index in [1.807, 2.05) is 0 Å². The summed E-state index contributed by atoms with van der Waals surface area (Å²) in [5.41, 5.74) is -1.08. The van der Waals surface area contributed by atoms with Gasteiger partial charge in [0.25, 0.3) is 0 Å². The quantitative estimate of drug-likeness (QED) is 0.478. The van der Waals surface area contributed by atoms with Gasteiger partial charge in [-0.1, -0.05) is 29.8 Å². The number of benzene rings is 2. The maximum atomic E-state index is 13.2. The first-order valence-corrected chi connectivity index (χ1v) is 11.0. The Morgan fingerprint density at radius 2 is 1.93 bits per heavy atom. The second kappa shape index (κ2) is 8.23. The Morgan fingerprint density at radius 1 is 1.18 bits per heavy atom. The van der Waals surface area contributed by atoms with E-state index < -0.39 is 30.7 Å². The highest BCUT2D eigenvalue weighted by Crippen LogP contribution is 2.55. The molecule has 1 heterocycles. The fourth-order valence-electron chi connectivity index (χ4n) is 2.81. The van der Waals surface area contributed by atoms with Crippen molar-refractivity contribution in [3.8, 4) is 0 Å². The molecule has 0 saturated heterocycles. The molecule has 28 heavy (non-hydrogen) atoms. The normalized spacial score (nSPS) is 13.3. The zero-order chi connectivity index (χ0) is 20.5. The van der Waals surface area contributed by atoms with Gasteiger partial charge in [-0.05, 0) is 52.2 Å². The summed E-state index contributed by atoms with van der Waals surface area (Å²) in [5.74, 6) is -2.70. The van der Waals surface area contributed by atoms with E-state index in [9.17, 15) is 27.9 Å². The third-order valence-corrected chi connectivity index (χ3v) is 6.53. The Labute approximate surface area is 168 Å². The molecular weight excluding hydrogens is 429 g/mol. The number of fused-ring (bicyclic) bond motifs is 1. The molecule has 0 spiro atoms. The number of carbonyl (C=O) groups is 1. The predicted octanol–water partition coefficient (Wildman–Crippen LogP) is 5.72. The molecule has 0 bridgehead atoms. The van der Waals surface area contributed by atoms with Gasteiger partial charge in [-0.25, -0.2) is 8.78 Å². The van der Waals surface area contributed by atoms with Gasteiger partial charge in [-0.2, -0.15) is 0 Å². The van der Waals surface area contributed by atoms with E-state index in [2.05, 4.69) is 0 Å². The number of halogens is 3. The number of carbonyl (C=O) groups excluding carboxylic acids is 1. The van der Waals surface area contributed by atoms with Crippen LogP contribution >= 0.6 is 30.5 Å². The summed E-state index contributed by atoms with van der Waals surface area (Å²) in [6, 6.07) is 8.19. The van der Waals surface area contributed by atoms with Gasteiger partial charge in [-0.3, -0.25) is 9.36 Å². The van der Waals surface area contributed by atoms with Gasteiger partial charge in [0.1, 0.15) is 5.66 Å². The van der Waals surface area contributed by atoms with Gasteiger partial charge in [0.05, 0.1) is 0 Å². The molecule has 1 aromatic heterocycles. The van der Waals surface area contributed by atoms with Gasteiger partial charge in [-0.15, -0.1) is 11.3 Å². The Balaban J connectivity index is 1.88. The minimum Gasteiger partial charge on any atom is -0.324 e. The summed E-state index contributed by atoms with van der Waals surface area (Å²) >= 11 is 7.24. The molecule has 3 aromatic rings. The van der Waals surface area contributed by atoms with Crippen LogP contribution < -0.4 is 0 Å². The average molecular weight is 443 g/mol. The van der Waals surface area contributed by atoms with Crippen molar-refractivity contribution in [3.63, 3.8) is 0 Å². The lowest BCUT2D eigenvalue weighted by Gasteiger charge is -2.16. The monoisotopic (exact) mass is 442 g/mol. The van der Waals surface area contributed by atoms with Crippen LogP contribution in [0.15, 0.2) is 47.9 Å². The van der Waals surface area contributed by atoms with E-state index >= 15 is 0 Å². The first kappa shape index (κ1) is 20.8. The molecule has 0 fully saturated rings. The van der Waals surface area contributed by atoms with Crippen LogP contribution in [0.1, 0.15) is 23.2 Å². The van der Waals surface area contributed by atoms with Crippen molar-refractivity contribution in [2.45, 2.75) is 12.1 Å². The van der Waals surface area contributed by atoms with Gasteiger partial charge in [0, 0.05) is 16.1 Å². The molecule has 1 unspecified atom stereocenters. The second-order valence-corrected chi connectivity index (χ2v) is 9.11. The first-order valence-electron chi connectivity index (χ1n) is 8.03. The largest absolute Gasteiger partial charge is 0.340 e. The molecule has 3 rings (SSSR count). The molecule has 146 valence electrons. The number of rotatable bonds is 6. The van der Waals surface area contributed by atoms with Crippen molar-refractivity contribution in [3.05, 3.63) is 75.6 Å². The van der Waals surface area contributed by atoms with Crippen molar-refractivity contribution in [2.75, 3.05) is 0 Å². The topological polar surface area (TPSA) is 74.6 Å². The molecule has 0 aliphatic rings. The molecule has 0 radical (unpaired) electrons. The Morgan fingerprint density at radius 3 is 2.61 bits per heavy atom. The highest BCUT2D eigenvalue weighted by molar-refractivity contribution is 7.53. The van der Waals surface area contributed by atoms with Gasteiger partial charge in [0.2, 0.25) is 0 Å². The van der Waals surface area contributed by atoms with E-state index in [1.165, 1.54) is 29.6 Å². The fourth-order valence-corrected chi connectivity index (χ4v) is 5.11. The molecular formula is C19H14ClF2O4PS. The highest BCUT2D eigenvalue weighted by Gasteiger charge is 2.37. The van der Waals surface area contributed by atoms with Crippen LogP contribution in [0.3, 0.4) is 0 Å². The number of ketones is 1. The number of hydrogen-bond acceptors (Lipinski definition) is 3. The third-order valence-electron chi connectivity index (χ3n) is 4.07. The van der Waals surface area contributed by atoms with Gasteiger partial charge < -0.3 is 9.79 Å². The smallest absolute Gasteiger partial charge is 0.324 e. The van der Waals surface area contributed by atoms with E-state index in [1.54, 1.807) is 23.6 Å². The summed E-state index contributed by atoms with van der Waals surface area (Å²) in [6.45, 7) is 0. The lowest BCUT2D eigenvalue weighted by atomic mass is 10.0. The molecule has 0 aliphatic carbocycles. The van der Waals surface area contributed by atoms with Gasteiger partial charge >= 0.3 is 7.60 Å². The molecule has 4 nitrogen and oxygen atoms in total. The van der Waals surface area contributed by atoms with Crippen LogP contribution in [0, 0.1) is 11.6 Å². The van der Waals surface area contributed by atoms with Crippen LogP contribution in [0.2, 0.25) is 5.02 Å². The van der Waals surface area contributed by atoms with E-state index in [4.69, 9.17) is 11.6 Å². The molecule has 2 aromatic carbocycles. The first-order chi connectivity index (χ1) is 13.2. The molecule has 0 saturated carbocycles. The average Bonchev–Trinajstić information content (AvgIpc) is 3.00. The van der Waals surface area contributed by atoms with E-state index in [0.717, 1.165) is 16.8 Å². The number of Topliss-reactive ketones (excluding diaryl/α,β-unsaturated/α-hetero) is 1. The van der Waals surface area contributed by atoms with Crippen LogP contribution in [-0.4, -0.2) is 15.6 Å². The summed E-state index contributed by atoms with van der Waals surface area (Å²) in [4.78, 5) is 32.2. The minimum absolute atomic E-state index is 0.224. The van der Waals surface area contributed by atoms with Crippen LogP contribution in [-0.2, 0) is 9.36 Å². The van der Waals surface area contributed by atoms with Crippen molar-refractivity contribution < 1.29 is 27.9 Å². The Bertz CT molecular complexity index is 1120. The Hall–Kier alpha value is -1.89. The summed E-state index contributed by atoms with van der Waals surface area (Å²) in [5, 5.41) is 2.45. The molecule has 0 aliphatic heterocycles. The minimum atomic E-state index is -4.80. The van der Waals surface area contributed by atoms with E-state index in [0.29, 0.717) is 16.0 Å². The zero-order valence-corrected chi connectivity index (χ0v) is 16.6. The molecule has 9 heteroatoms. The SMILES string of the molecule is O=C(C/C=C/c1ccc(F)c(F)c1)C(c1csc2ccc(Cl)cc12)P(=O)(O)O. The summed E-state index contributed by atoms with van der Waals surface area (Å²) in [6.07, 6.45) is 2.46. The van der Waals surface area contributed by atoms with Crippen molar-refractivity contribution in [2.24, 2.45) is 0 Å². The molecule has 0 amide bonds. The van der Waals surface area contributed by atoms with Crippen molar-refractivity contribution in [1.82, 2.24) is 0 Å². The molecule has 1 atom stereocenters. The Kier molecular flexibility index (Phi) is 6.12. The lowest BCUT2D eigenvalue weighted by Crippen LogP contribution is -2.12. The number of thiophene rings is 1. The van der Waals surface area contributed by atoms with Crippen LogP contribution in [0.25, 0.3) is 16.2 Å². The highest BCUT2D eigenvalue weighted by atomic mass is 35.5. The van der Waals surface area contributed by atoms with Crippen LogP contribution in [0.5, 0.6) is 0 Å². The number of allylic oxidation sites excluding steroid dienone is 1. The third kappa shape index (κ3) is 4.57. The standard InChI is InChI=1S/C19H14ClF2O4PS/c20-12-5-7-18-13(9-12)14(10-28-18)19(27(24,25)26)17(23)3-1-2-11-4-6-15(21)16(22)8-11/h1-2,4-10,19H,3H2,(H2,24,25,26)/b2-1+. The predicted molar refractivity (Wildman–Crippen MR) is 107 cm³/mol. The van der Waals surface area contributed by atoms with Crippen molar-refractivity contribution in [1.29, 1.82) is 0 Å². The maximum absolute atomic E-state index is 13.2. The van der Waals surface area contributed by atoms with Crippen molar-refractivity contribution >= 4 is 52.5 Å². The molecule has 2 N–H and O–H groups in total. The van der Waals surface area contributed by atoms with Crippen LogP contribution in [0.4, 0.5) is 8.78 Å². The van der Waals surface area contributed by atoms with Gasteiger partial charge in [0.15, 0.2) is 17.4 Å². The lowest BCUT2D eigenvalue weighted by molar-refractivity contribution is -0.118. The zero-order valence-electron chi connectivity index (χ0n) is 14.2. The summed E-state index contributed by atoms with van der Waals surface area (Å²) in [7, 11) is -4.80. The second-order valence-electron chi connectivity index (χ2n) is 6.07. The van der Waals surface area contributed by atoms with E-state index in [-0.39, 0.29) is 12.0 Å². The fraction of sp³-hybridized carbons (Fsp3) is 0.105. The maximum Gasteiger partial charge on any atom is 0.340 e. The summed E-state index contributed by atoms with van der Waals surface area (Å²) < 4.78 is 39.0. The number of hydrogen-bond donors (Lipinski definition) is 2.